The molecule has 0 saturated heterocycles. The summed E-state index contributed by atoms with van der Waals surface area (Å²) in [4.78, 5) is 22.0. The Bertz CT molecular complexity index is 2130. The molecule has 1 aliphatic rings. The Morgan fingerprint density at radius 2 is 1.83 bits per heavy atom. The fourth-order valence-electron chi connectivity index (χ4n) is 5.43. The lowest BCUT2D eigenvalue weighted by atomic mass is 10.1. The molecular weight excluding hydrogens is 624 g/mol. The highest BCUT2D eigenvalue weighted by Crippen LogP contribution is 2.33. The molecule has 0 bridgehead atoms. The lowest BCUT2D eigenvalue weighted by Gasteiger charge is -2.19. The van der Waals surface area contributed by atoms with Crippen LogP contribution in [0.5, 0.6) is 11.5 Å². The molecule has 238 valence electrons. The van der Waals surface area contributed by atoms with Gasteiger partial charge in [-0.3, -0.25) is 4.79 Å². The van der Waals surface area contributed by atoms with E-state index in [1.54, 1.807) is 48.9 Å². The van der Waals surface area contributed by atoms with Crippen LogP contribution in [0.3, 0.4) is 0 Å². The van der Waals surface area contributed by atoms with Gasteiger partial charge in [-0.1, -0.05) is 48.2 Å². The molecule has 1 unspecified atom stereocenters. The number of aryl methyl sites for hydroxylation is 1. The van der Waals surface area contributed by atoms with Crippen molar-refractivity contribution in [2.24, 2.45) is 0 Å². The Labute approximate surface area is 273 Å². The first-order valence-corrected chi connectivity index (χ1v) is 16.0. The summed E-state index contributed by atoms with van der Waals surface area (Å²) >= 11 is 1.43. The predicted molar refractivity (Wildman–Crippen MR) is 174 cm³/mol. The molecule has 0 aliphatic carbocycles. The number of aromatic nitrogens is 3. The maximum atomic E-state index is 14.9. The number of pyridine rings is 1. The molecule has 0 saturated carbocycles. The van der Waals surface area contributed by atoms with E-state index in [0.717, 1.165) is 22.1 Å². The van der Waals surface area contributed by atoms with E-state index in [1.807, 2.05) is 37.3 Å². The van der Waals surface area contributed by atoms with Gasteiger partial charge in [0.25, 0.3) is 5.56 Å². The molecule has 3 aromatic heterocycles. The standard InChI is InChI=1S/C36H29F2N3O5S/c1-22-14-30(27-16-29(38)35(42)41(19-27)18-23-6-9-32-34(15-23)46-21-45-32)40-36(39-22)47-13-11-31(44-20-26-4-2-3-5-28(26)37)25-8-7-24-10-12-43-33(24)17-25/h2-10,12,14-17,19,31H,11,13,18,20-21H2,1H3. The van der Waals surface area contributed by atoms with Gasteiger partial charge >= 0.3 is 0 Å². The number of nitrogens with zero attached hydrogens (tertiary/aromatic N) is 3. The molecule has 0 radical (unpaired) electrons. The van der Waals surface area contributed by atoms with Crippen molar-refractivity contribution < 1.29 is 27.4 Å². The van der Waals surface area contributed by atoms with Crippen molar-refractivity contribution in [1.82, 2.24) is 14.5 Å². The molecule has 1 atom stereocenters. The highest BCUT2D eigenvalue weighted by molar-refractivity contribution is 7.99. The summed E-state index contributed by atoms with van der Waals surface area (Å²) in [6.45, 7) is 2.23. The van der Waals surface area contributed by atoms with E-state index in [-0.39, 0.29) is 31.9 Å². The van der Waals surface area contributed by atoms with Gasteiger partial charge < -0.3 is 23.2 Å². The van der Waals surface area contributed by atoms with E-state index in [4.69, 9.17) is 23.6 Å². The molecule has 7 rings (SSSR count). The van der Waals surface area contributed by atoms with E-state index >= 15 is 0 Å². The Balaban J connectivity index is 1.09. The van der Waals surface area contributed by atoms with Crippen LogP contribution in [0.1, 0.15) is 34.9 Å². The second kappa shape index (κ2) is 13.4. The minimum Gasteiger partial charge on any atom is -0.464 e. The van der Waals surface area contributed by atoms with Gasteiger partial charge in [-0.2, -0.15) is 0 Å². The van der Waals surface area contributed by atoms with Crippen LogP contribution in [-0.2, 0) is 17.9 Å². The molecule has 4 heterocycles. The van der Waals surface area contributed by atoms with Crippen LogP contribution in [0.4, 0.5) is 8.78 Å². The lowest BCUT2D eigenvalue weighted by molar-refractivity contribution is 0.0364. The predicted octanol–water partition coefficient (Wildman–Crippen LogP) is 7.86. The average Bonchev–Trinajstić information content (AvgIpc) is 3.74. The number of hydrogen-bond acceptors (Lipinski definition) is 8. The SMILES string of the molecule is Cc1cc(-c2cc(F)c(=O)n(Cc3ccc4c(c3)OCO4)c2)nc(SCCC(OCc2ccccc2F)c2ccc3ccoc3c2)n1. The summed E-state index contributed by atoms with van der Waals surface area (Å²) in [6, 6.07) is 22.7. The maximum absolute atomic E-state index is 14.9. The van der Waals surface area contributed by atoms with Crippen molar-refractivity contribution in [2.75, 3.05) is 12.5 Å². The monoisotopic (exact) mass is 653 g/mol. The number of fused-ring (bicyclic) bond motifs is 2. The Morgan fingerprint density at radius 1 is 0.957 bits per heavy atom. The summed E-state index contributed by atoms with van der Waals surface area (Å²) in [5.74, 6) is 0.600. The maximum Gasteiger partial charge on any atom is 0.286 e. The van der Waals surface area contributed by atoms with Crippen LogP contribution in [-0.4, -0.2) is 27.1 Å². The van der Waals surface area contributed by atoms with Gasteiger partial charge in [0.05, 0.1) is 31.2 Å². The van der Waals surface area contributed by atoms with Gasteiger partial charge in [0, 0.05) is 34.2 Å². The number of thioether (sulfide) groups is 1. The van der Waals surface area contributed by atoms with Crippen molar-refractivity contribution >= 4 is 22.7 Å². The van der Waals surface area contributed by atoms with Crippen LogP contribution >= 0.6 is 11.8 Å². The van der Waals surface area contributed by atoms with E-state index in [0.29, 0.717) is 51.3 Å². The third-order valence-electron chi connectivity index (χ3n) is 7.82. The Morgan fingerprint density at radius 3 is 2.72 bits per heavy atom. The quantitative estimate of drug-likeness (QED) is 0.103. The van der Waals surface area contributed by atoms with Gasteiger partial charge in [0.2, 0.25) is 6.79 Å². The molecule has 0 fully saturated rings. The van der Waals surface area contributed by atoms with Crippen molar-refractivity contribution in [3.63, 3.8) is 0 Å². The first kappa shape index (κ1) is 30.6. The number of benzene rings is 3. The highest BCUT2D eigenvalue weighted by atomic mass is 32.2. The van der Waals surface area contributed by atoms with Crippen LogP contribution < -0.4 is 15.0 Å². The number of hydrogen-bond donors (Lipinski definition) is 0. The fourth-order valence-corrected chi connectivity index (χ4v) is 6.31. The molecule has 1 aliphatic heterocycles. The largest absolute Gasteiger partial charge is 0.464 e. The minimum absolute atomic E-state index is 0.108. The summed E-state index contributed by atoms with van der Waals surface area (Å²) in [7, 11) is 0. The molecule has 0 spiro atoms. The first-order valence-electron chi connectivity index (χ1n) is 15.0. The number of halogens is 2. The van der Waals surface area contributed by atoms with E-state index < -0.39 is 11.4 Å². The summed E-state index contributed by atoms with van der Waals surface area (Å²) in [5.41, 5.74) is 3.80. The second-order valence-electron chi connectivity index (χ2n) is 11.1. The van der Waals surface area contributed by atoms with Gasteiger partial charge in [-0.05, 0) is 66.9 Å². The lowest BCUT2D eigenvalue weighted by Crippen LogP contribution is -2.23. The molecule has 11 heteroatoms. The molecular formula is C36H29F2N3O5S. The fraction of sp³-hybridized carbons (Fsp3) is 0.194. The Hall–Kier alpha value is -5.00. The zero-order valence-electron chi connectivity index (χ0n) is 25.3. The van der Waals surface area contributed by atoms with Crippen molar-refractivity contribution in [1.29, 1.82) is 0 Å². The summed E-state index contributed by atoms with van der Waals surface area (Å²) in [5, 5.41) is 1.48. The molecule has 8 nitrogen and oxygen atoms in total. The zero-order chi connectivity index (χ0) is 32.3. The van der Waals surface area contributed by atoms with Gasteiger partial charge in [0.15, 0.2) is 22.5 Å². The third kappa shape index (κ3) is 6.91. The molecule has 3 aromatic carbocycles. The van der Waals surface area contributed by atoms with Crippen LogP contribution in [0.15, 0.2) is 106 Å². The van der Waals surface area contributed by atoms with Crippen LogP contribution in [0.2, 0.25) is 0 Å². The number of ether oxygens (including phenoxy) is 3. The molecule has 0 amide bonds. The van der Waals surface area contributed by atoms with E-state index in [2.05, 4.69) is 4.98 Å². The van der Waals surface area contributed by atoms with Crippen LogP contribution in [0, 0.1) is 18.6 Å². The van der Waals surface area contributed by atoms with Crippen LogP contribution in [0.25, 0.3) is 22.2 Å². The normalized spacial score (nSPS) is 12.9. The van der Waals surface area contributed by atoms with Crippen molar-refractivity contribution in [3.05, 3.63) is 136 Å². The number of rotatable bonds is 11. The van der Waals surface area contributed by atoms with E-state index in [1.165, 1.54) is 28.5 Å². The van der Waals surface area contributed by atoms with E-state index in [9.17, 15) is 13.6 Å². The average molecular weight is 654 g/mol. The molecule has 0 N–H and O–H groups in total. The minimum atomic E-state index is -0.878. The van der Waals surface area contributed by atoms with Crippen molar-refractivity contribution in [2.45, 2.75) is 37.8 Å². The Kier molecular flexibility index (Phi) is 8.73. The first-order chi connectivity index (χ1) is 22.9. The van der Waals surface area contributed by atoms with Gasteiger partial charge in [-0.25, -0.2) is 18.7 Å². The second-order valence-corrected chi connectivity index (χ2v) is 12.2. The van der Waals surface area contributed by atoms with Gasteiger partial charge in [0.1, 0.15) is 11.4 Å². The number of furan rings is 1. The topological polar surface area (TPSA) is 88.6 Å². The summed E-state index contributed by atoms with van der Waals surface area (Å²) < 4.78 is 53.3. The highest BCUT2D eigenvalue weighted by Gasteiger charge is 2.18. The zero-order valence-corrected chi connectivity index (χ0v) is 26.1. The van der Waals surface area contributed by atoms with Crippen molar-refractivity contribution in [3.8, 4) is 22.8 Å². The third-order valence-corrected chi connectivity index (χ3v) is 8.70. The summed E-state index contributed by atoms with van der Waals surface area (Å²) in [6.07, 6.45) is 3.47. The van der Waals surface area contributed by atoms with Gasteiger partial charge in [-0.15, -0.1) is 0 Å². The molecule has 6 aromatic rings. The smallest absolute Gasteiger partial charge is 0.286 e. The molecule has 47 heavy (non-hydrogen) atoms.